The lowest BCUT2D eigenvalue weighted by atomic mass is 10.1. The van der Waals surface area contributed by atoms with E-state index in [1.54, 1.807) is 24.3 Å². The lowest BCUT2D eigenvalue weighted by molar-refractivity contribution is -0.136. The van der Waals surface area contributed by atoms with Gasteiger partial charge in [0.25, 0.3) is 0 Å². The molecule has 1 aromatic rings. The molecule has 0 atom stereocenters. The van der Waals surface area contributed by atoms with Gasteiger partial charge in [-0.3, -0.25) is 9.59 Å². The molecule has 1 aromatic carbocycles. The van der Waals surface area contributed by atoms with Gasteiger partial charge in [0, 0.05) is 16.2 Å². The Morgan fingerprint density at radius 1 is 1.35 bits per heavy atom. The second-order valence-electron chi connectivity index (χ2n) is 5.46. The van der Waals surface area contributed by atoms with E-state index in [9.17, 15) is 9.59 Å². The van der Waals surface area contributed by atoms with Crippen LogP contribution in [0.5, 0.6) is 0 Å². The highest BCUT2D eigenvalue weighted by molar-refractivity contribution is 6.30. The molecule has 6 heteroatoms. The summed E-state index contributed by atoms with van der Waals surface area (Å²) in [5, 5.41) is 12.4. The molecule has 0 heterocycles. The molecule has 0 fully saturated rings. The van der Waals surface area contributed by atoms with Crippen molar-refractivity contribution in [2.75, 3.05) is 18.0 Å². The second-order valence-corrected chi connectivity index (χ2v) is 5.89. The number of anilines is 1. The average molecular weight is 299 g/mol. The Balaban J connectivity index is 2.89. The van der Waals surface area contributed by atoms with Crippen LogP contribution in [0, 0.1) is 0 Å². The zero-order valence-corrected chi connectivity index (χ0v) is 12.6. The second kappa shape index (κ2) is 6.72. The van der Waals surface area contributed by atoms with Gasteiger partial charge in [0.05, 0.1) is 6.54 Å². The van der Waals surface area contributed by atoms with Crippen LogP contribution in [-0.2, 0) is 9.59 Å². The van der Waals surface area contributed by atoms with Gasteiger partial charge in [-0.15, -0.1) is 0 Å². The van der Waals surface area contributed by atoms with Crippen LogP contribution >= 0.6 is 11.6 Å². The lowest BCUT2D eigenvalue weighted by Gasteiger charge is -2.25. The topological polar surface area (TPSA) is 69.6 Å². The quantitative estimate of drug-likeness (QED) is 0.874. The molecule has 1 amide bonds. The molecule has 0 saturated heterocycles. The van der Waals surface area contributed by atoms with E-state index in [-0.39, 0.29) is 18.0 Å². The van der Waals surface area contributed by atoms with Crippen LogP contribution in [0.15, 0.2) is 24.3 Å². The number of rotatable bonds is 5. The minimum Gasteiger partial charge on any atom is -0.480 e. The summed E-state index contributed by atoms with van der Waals surface area (Å²) < 4.78 is 0. The van der Waals surface area contributed by atoms with E-state index in [2.05, 4.69) is 5.32 Å². The van der Waals surface area contributed by atoms with Gasteiger partial charge in [-0.2, -0.15) is 0 Å². The van der Waals surface area contributed by atoms with Crippen LogP contribution in [-0.4, -0.2) is 35.6 Å². The Bertz CT molecular complexity index is 497. The maximum absolute atomic E-state index is 12.2. The molecular formula is C14H19ClN2O3. The Kier molecular flexibility index (Phi) is 5.53. The number of carboxylic acid groups (broad SMARTS) is 1. The summed E-state index contributed by atoms with van der Waals surface area (Å²) in [5.41, 5.74) is 0.249. The number of carboxylic acids is 1. The number of carbonyl (C=O) groups is 2. The Labute approximate surface area is 123 Å². The fourth-order valence-corrected chi connectivity index (χ4v) is 1.72. The molecule has 20 heavy (non-hydrogen) atoms. The summed E-state index contributed by atoms with van der Waals surface area (Å²) in [5.74, 6) is -1.39. The van der Waals surface area contributed by atoms with Crippen LogP contribution in [0.25, 0.3) is 0 Å². The smallest absolute Gasteiger partial charge is 0.323 e. The van der Waals surface area contributed by atoms with Crippen LogP contribution in [0.2, 0.25) is 5.02 Å². The van der Waals surface area contributed by atoms with Crippen LogP contribution < -0.4 is 10.2 Å². The van der Waals surface area contributed by atoms with E-state index in [1.165, 1.54) is 4.90 Å². The predicted octanol–water partition coefficient (Wildman–Crippen LogP) is 2.15. The summed E-state index contributed by atoms with van der Waals surface area (Å²) >= 11 is 5.88. The third kappa shape index (κ3) is 5.59. The first kappa shape index (κ1) is 16.5. The Morgan fingerprint density at radius 2 is 2.00 bits per heavy atom. The number of halogens is 1. The number of nitrogens with one attached hydrogen (secondary N) is 1. The molecular weight excluding hydrogens is 280 g/mol. The third-order valence-electron chi connectivity index (χ3n) is 2.48. The van der Waals surface area contributed by atoms with E-state index in [0.717, 1.165) is 0 Å². The fraction of sp³-hybridized carbons (Fsp3) is 0.429. The van der Waals surface area contributed by atoms with E-state index in [4.69, 9.17) is 16.7 Å². The lowest BCUT2D eigenvalue weighted by Crippen LogP contribution is -2.46. The number of aliphatic carboxylic acids is 1. The largest absolute Gasteiger partial charge is 0.480 e. The van der Waals surface area contributed by atoms with Crippen molar-refractivity contribution in [1.29, 1.82) is 0 Å². The molecule has 0 spiro atoms. The van der Waals surface area contributed by atoms with Gasteiger partial charge < -0.3 is 15.3 Å². The first-order valence-electron chi connectivity index (χ1n) is 6.22. The van der Waals surface area contributed by atoms with Gasteiger partial charge in [-0.05, 0) is 39.0 Å². The molecule has 110 valence electrons. The number of hydrogen-bond acceptors (Lipinski definition) is 3. The van der Waals surface area contributed by atoms with Gasteiger partial charge in [-0.1, -0.05) is 17.7 Å². The van der Waals surface area contributed by atoms with E-state index >= 15 is 0 Å². The SMILES string of the molecule is CC(C)(C)NCC(=O)N(CC(=O)O)c1cccc(Cl)c1. The molecule has 5 nitrogen and oxygen atoms in total. The molecule has 1 rings (SSSR count). The normalized spacial score (nSPS) is 11.2. The highest BCUT2D eigenvalue weighted by atomic mass is 35.5. The molecule has 0 aromatic heterocycles. The van der Waals surface area contributed by atoms with Crippen molar-refractivity contribution in [2.45, 2.75) is 26.3 Å². The third-order valence-corrected chi connectivity index (χ3v) is 2.72. The number of benzene rings is 1. The molecule has 0 aliphatic rings. The first-order valence-corrected chi connectivity index (χ1v) is 6.59. The molecule has 0 saturated carbocycles. The van der Waals surface area contributed by atoms with Gasteiger partial charge in [0.15, 0.2) is 0 Å². The van der Waals surface area contributed by atoms with Crippen LogP contribution in [0.1, 0.15) is 20.8 Å². The van der Waals surface area contributed by atoms with Crippen LogP contribution in [0.4, 0.5) is 5.69 Å². The molecule has 0 aliphatic heterocycles. The van der Waals surface area contributed by atoms with Gasteiger partial charge in [0.1, 0.15) is 6.54 Å². The summed E-state index contributed by atoms with van der Waals surface area (Å²) in [6.45, 7) is 5.46. The zero-order chi connectivity index (χ0) is 15.3. The van der Waals surface area contributed by atoms with Crippen molar-refractivity contribution < 1.29 is 14.7 Å². The first-order chi connectivity index (χ1) is 9.19. The minimum absolute atomic E-state index is 0.0588. The van der Waals surface area contributed by atoms with Crippen molar-refractivity contribution in [1.82, 2.24) is 5.32 Å². The highest BCUT2D eigenvalue weighted by Gasteiger charge is 2.20. The van der Waals surface area contributed by atoms with Gasteiger partial charge in [0.2, 0.25) is 5.91 Å². The van der Waals surface area contributed by atoms with Gasteiger partial charge >= 0.3 is 5.97 Å². The molecule has 0 bridgehead atoms. The summed E-state index contributed by atoms with van der Waals surface area (Å²) in [4.78, 5) is 24.3. The Hall–Kier alpha value is -1.59. The maximum Gasteiger partial charge on any atom is 0.323 e. The molecule has 0 radical (unpaired) electrons. The molecule has 0 unspecified atom stereocenters. The summed E-state index contributed by atoms with van der Waals surface area (Å²) in [7, 11) is 0. The number of hydrogen-bond donors (Lipinski definition) is 2. The predicted molar refractivity (Wildman–Crippen MR) is 79.2 cm³/mol. The minimum atomic E-state index is -1.07. The number of nitrogens with zero attached hydrogens (tertiary/aromatic N) is 1. The maximum atomic E-state index is 12.2. The van der Waals surface area contributed by atoms with Gasteiger partial charge in [-0.25, -0.2) is 0 Å². The van der Waals surface area contributed by atoms with E-state index in [1.807, 2.05) is 20.8 Å². The summed E-state index contributed by atoms with van der Waals surface area (Å²) in [6, 6.07) is 6.57. The monoisotopic (exact) mass is 298 g/mol. The van der Waals surface area contributed by atoms with Crippen molar-refractivity contribution in [3.63, 3.8) is 0 Å². The Morgan fingerprint density at radius 3 is 2.50 bits per heavy atom. The van der Waals surface area contributed by atoms with E-state index < -0.39 is 12.5 Å². The molecule has 0 aliphatic carbocycles. The number of carbonyl (C=O) groups excluding carboxylic acids is 1. The molecule has 2 N–H and O–H groups in total. The van der Waals surface area contributed by atoms with Crippen molar-refractivity contribution >= 4 is 29.2 Å². The van der Waals surface area contributed by atoms with Crippen molar-refractivity contribution in [3.8, 4) is 0 Å². The highest BCUT2D eigenvalue weighted by Crippen LogP contribution is 2.19. The average Bonchev–Trinajstić information content (AvgIpc) is 2.32. The van der Waals surface area contributed by atoms with Crippen molar-refractivity contribution in [3.05, 3.63) is 29.3 Å². The van der Waals surface area contributed by atoms with Crippen LogP contribution in [0.3, 0.4) is 0 Å². The van der Waals surface area contributed by atoms with Crippen molar-refractivity contribution in [2.24, 2.45) is 0 Å². The standard InChI is InChI=1S/C14H19ClN2O3/c1-14(2,3)16-8-12(18)17(9-13(19)20)11-6-4-5-10(15)7-11/h4-7,16H,8-9H2,1-3H3,(H,19,20). The number of amides is 1. The summed E-state index contributed by atoms with van der Waals surface area (Å²) in [6.07, 6.45) is 0. The zero-order valence-electron chi connectivity index (χ0n) is 11.8. The fourth-order valence-electron chi connectivity index (χ4n) is 1.54. The van der Waals surface area contributed by atoms with E-state index in [0.29, 0.717) is 10.7 Å².